The molecule has 0 bridgehead atoms. The number of carbonyl (C=O) groups excluding carboxylic acids is 1. The van der Waals surface area contributed by atoms with E-state index in [9.17, 15) is 13.6 Å². The molecule has 5 nitrogen and oxygen atoms in total. The Bertz CT molecular complexity index is 889. The van der Waals surface area contributed by atoms with Gasteiger partial charge in [0.05, 0.1) is 17.9 Å². The van der Waals surface area contributed by atoms with Crippen LogP contribution in [0.1, 0.15) is 42.1 Å². The minimum atomic E-state index is -0.755. The van der Waals surface area contributed by atoms with E-state index in [4.69, 9.17) is 10.5 Å². The highest BCUT2D eigenvalue weighted by Crippen LogP contribution is 2.25. The molecular formula is C20H21F2N3O2. The molecule has 1 aromatic carbocycles. The summed E-state index contributed by atoms with van der Waals surface area (Å²) in [5, 5.41) is 2.41. The molecule has 0 saturated carbocycles. The quantitative estimate of drug-likeness (QED) is 0.454. The minimum Gasteiger partial charge on any atom is -0.490 e. The van der Waals surface area contributed by atoms with Gasteiger partial charge in [0.25, 0.3) is 5.91 Å². The number of aryl methyl sites for hydroxylation is 1. The van der Waals surface area contributed by atoms with E-state index in [2.05, 4.69) is 22.1 Å². The van der Waals surface area contributed by atoms with E-state index in [-0.39, 0.29) is 28.4 Å². The number of halogens is 2. The van der Waals surface area contributed by atoms with Crippen LogP contribution in [0.3, 0.4) is 0 Å². The number of hydrogen-bond acceptors (Lipinski definition) is 4. The number of ether oxygens (including phenoxy) is 1. The number of amides is 1. The Kier molecular flexibility index (Phi) is 7.12. The van der Waals surface area contributed by atoms with Crippen LogP contribution in [0.25, 0.3) is 0 Å². The second-order valence-corrected chi connectivity index (χ2v) is 5.76. The Morgan fingerprint density at radius 2 is 2.11 bits per heavy atom. The fourth-order valence-corrected chi connectivity index (χ4v) is 2.25. The maximum absolute atomic E-state index is 14.5. The van der Waals surface area contributed by atoms with Crippen LogP contribution >= 0.6 is 0 Å². The lowest BCUT2D eigenvalue weighted by molar-refractivity contribution is 0.102. The summed E-state index contributed by atoms with van der Waals surface area (Å²) >= 11 is 0. The number of rotatable bonds is 6. The first-order valence-corrected chi connectivity index (χ1v) is 8.55. The smallest absolute Gasteiger partial charge is 0.259 e. The first-order chi connectivity index (χ1) is 12.9. The molecule has 0 saturated heterocycles. The van der Waals surface area contributed by atoms with Gasteiger partial charge in [0.15, 0.2) is 11.6 Å². The fourth-order valence-electron chi connectivity index (χ4n) is 2.25. The zero-order valence-electron chi connectivity index (χ0n) is 15.2. The van der Waals surface area contributed by atoms with Crippen molar-refractivity contribution >= 4 is 17.4 Å². The van der Waals surface area contributed by atoms with Crippen molar-refractivity contribution in [3.8, 4) is 17.6 Å². The number of nitrogens with one attached hydrogen (secondary N) is 1. The monoisotopic (exact) mass is 373 g/mol. The topological polar surface area (TPSA) is 77.2 Å². The highest BCUT2D eigenvalue weighted by Gasteiger charge is 2.17. The summed E-state index contributed by atoms with van der Waals surface area (Å²) in [7, 11) is 0. The SMILES string of the molecule is CCC#CCCCOc1cccc(NC(=O)c2cc(C)c(F)nc2N)c1F. The van der Waals surface area contributed by atoms with Crippen LogP contribution in [-0.4, -0.2) is 17.5 Å². The molecule has 0 aliphatic carbocycles. The number of carbonyl (C=O) groups is 1. The van der Waals surface area contributed by atoms with Crippen molar-refractivity contribution in [2.24, 2.45) is 0 Å². The van der Waals surface area contributed by atoms with Gasteiger partial charge in [-0.05, 0) is 31.5 Å². The second-order valence-electron chi connectivity index (χ2n) is 5.76. The first kappa shape index (κ1) is 20.2. The molecule has 3 N–H and O–H groups in total. The molecule has 2 aromatic rings. The van der Waals surface area contributed by atoms with Gasteiger partial charge in [0.2, 0.25) is 5.95 Å². The summed E-state index contributed by atoms with van der Waals surface area (Å²) in [5.74, 6) is 3.55. The normalized spacial score (nSPS) is 10.1. The number of nitrogens with zero attached hydrogens (tertiary/aromatic N) is 1. The minimum absolute atomic E-state index is 0.0256. The molecule has 0 radical (unpaired) electrons. The second kappa shape index (κ2) is 9.53. The van der Waals surface area contributed by atoms with E-state index in [0.29, 0.717) is 19.4 Å². The van der Waals surface area contributed by atoms with Crippen LogP contribution in [0, 0.1) is 30.5 Å². The summed E-state index contributed by atoms with van der Waals surface area (Å²) in [6, 6.07) is 5.69. The Labute approximate surface area is 156 Å². The molecule has 0 fully saturated rings. The van der Waals surface area contributed by atoms with Crippen LogP contribution in [0.4, 0.5) is 20.3 Å². The average molecular weight is 373 g/mol. The molecular weight excluding hydrogens is 352 g/mol. The molecule has 27 heavy (non-hydrogen) atoms. The molecule has 0 atom stereocenters. The molecule has 2 rings (SSSR count). The maximum atomic E-state index is 14.5. The number of nitrogen functional groups attached to an aromatic ring is 1. The van der Waals surface area contributed by atoms with Crippen molar-refractivity contribution in [3.05, 3.63) is 47.2 Å². The van der Waals surface area contributed by atoms with Crippen molar-refractivity contribution in [1.82, 2.24) is 4.98 Å². The van der Waals surface area contributed by atoms with E-state index >= 15 is 0 Å². The highest BCUT2D eigenvalue weighted by molar-refractivity contribution is 6.07. The van der Waals surface area contributed by atoms with Crippen molar-refractivity contribution in [2.75, 3.05) is 17.7 Å². The van der Waals surface area contributed by atoms with Crippen LogP contribution < -0.4 is 15.8 Å². The Morgan fingerprint density at radius 3 is 2.85 bits per heavy atom. The Morgan fingerprint density at radius 1 is 1.33 bits per heavy atom. The molecule has 0 unspecified atom stereocenters. The number of pyridine rings is 1. The Hall–Kier alpha value is -3.14. The standard InChI is InChI=1S/C20H21F2N3O2/c1-3-4-5-6-7-11-27-16-10-8-9-15(17(16)21)24-20(26)14-12-13(2)18(22)25-19(14)23/h8-10,12H,3,6-7,11H2,1-2H3,(H2,23,25)(H,24,26). The van der Waals surface area contributed by atoms with E-state index in [1.54, 1.807) is 6.07 Å². The molecule has 142 valence electrons. The van der Waals surface area contributed by atoms with Crippen LogP contribution in [-0.2, 0) is 0 Å². The fraction of sp³-hybridized carbons (Fsp3) is 0.300. The number of benzene rings is 1. The van der Waals surface area contributed by atoms with Gasteiger partial charge >= 0.3 is 0 Å². The predicted molar refractivity (Wildman–Crippen MR) is 100 cm³/mol. The van der Waals surface area contributed by atoms with E-state index in [0.717, 1.165) is 6.42 Å². The largest absolute Gasteiger partial charge is 0.490 e. The molecule has 1 aromatic heterocycles. The summed E-state index contributed by atoms with van der Waals surface area (Å²) in [5.41, 5.74) is 5.65. The van der Waals surface area contributed by atoms with E-state index in [1.807, 2.05) is 6.92 Å². The van der Waals surface area contributed by atoms with Crippen LogP contribution in [0.15, 0.2) is 24.3 Å². The maximum Gasteiger partial charge on any atom is 0.259 e. The Balaban J connectivity index is 2.07. The first-order valence-electron chi connectivity index (χ1n) is 8.55. The third-order valence-corrected chi connectivity index (χ3v) is 3.64. The lowest BCUT2D eigenvalue weighted by Gasteiger charge is -2.12. The summed E-state index contributed by atoms with van der Waals surface area (Å²) < 4.78 is 33.3. The summed E-state index contributed by atoms with van der Waals surface area (Å²) in [4.78, 5) is 15.8. The van der Waals surface area contributed by atoms with E-state index in [1.165, 1.54) is 25.1 Å². The van der Waals surface area contributed by atoms with Crippen molar-refractivity contribution in [3.63, 3.8) is 0 Å². The molecule has 0 aliphatic heterocycles. The number of nitrogens with two attached hydrogens (primary N) is 1. The molecule has 0 spiro atoms. The van der Waals surface area contributed by atoms with E-state index < -0.39 is 17.7 Å². The number of unbranched alkanes of at least 4 members (excludes halogenated alkanes) is 1. The van der Waals surface area contributed by atoms with Crippen LogP contribution in [0.2, 0.25) is 0 Å². The van der Waals surface area contributed by atoms with Gasteiger partial charge in [0, 0.05) is 18.4 Å². The van der Waals surface area contributed by atoms with Crippen molar-refractivity contribution in [2.45, 2.75) is 33.1 Å². The zero-order chi connectivity index (χ0) is 19.8. The van der Waals surface area contributed by atoms with Gasteiger partial charge in [-0.3, -0.25) is 4.79 Å². The van der Waals surface area contributed by atoms with Crippen molar-refractivity contribution < 1.29 is 18.3 Å². The summed E-state index contributed by atoms with van der Waals surface area (Å²) in [6.45, 7) is 3.73. The van der Waals surface area contributed by atoms with Gasteiger partial charge in [-0.15, -0.1) is 11.8 Å². The predicted octanol–water partition coefficient (Wildman–Crippen LogP) is 4.08. The van der Waals surface area contributed by atoms with Gasteiger partial charge in [-0.2, -0.15) is 4.39 Å². The van der Waals surface area contributed by atoms with Gasteiger partial charge in [-0.1, -0.05) is 13.0 Å². The number of aromatic nitrogens is 1. The molecule has 0 aliphatic rings. The van der Waals surface area contributed by atoms with Gasteiger partial charge < -0.3 is 15.8 Å². The average Bonchev–Trinajstić information content (AvgIpc) is 2.63. The zero-order valence-corrected chi connectivity index (χ0v) is 15.2. The van der Waals surface area contributed by atoms with Gasteiger partial charge in [-0.25, -0.2) is 9.37 Å². The molecule has 7 heteroatoms. The van der Waals surface area contributed by atoms with Crippen molar-refractivity contribution in [1.29, 1.82) is 0 Å². The lowest BCUT2D eigenvalue weighted by Crippen LogP contribution is -2.17. The third-order valence-electron chi connectivity index (χ3n) is 3.64. The highest BCUT2D eigenvalue weighted by atomic mass is 19.1. The lowest BCUT2D eigenvalue weighted by atomic mass is 10.1. The number of anilines is 2. The molecule has 1 amide bonds. The molecule has 1 heterocycles. The third kappa shape index (κ3) is 5.42. The van der Waals surface area contributed by atoms with Crippen LogP contribution in [0.5, 0.6) is 5.75 Å². The number of hydrogen-bond donors (Lipinski definition) is 2. The van der Waals surface area contributed by atoms with Gasteiger partial charge in [0.1, 0.15) is 5.82 Å². The summed E-state index contributed by atoms with van der Waals surface area (Å²) in [6.07, 6.45) is 2.13.